The number of benzene rings is 6. The van der Waals surface area contributed by atoms with E-state index in [1.165, 1.54) is 24.6 Å². The van der Waals surface area contributed by atoms with E-state index in [0.29, 0.717) is 12.5 Å². The number of nitrogens with one attached hydrogen (secondary N) is 3. The Morgan fingerprint density at radius 3 is 1.44 bits per heavy atom. The molecule has 2 bridgehead atoms. The van der Waals surface area contributed by atoms with E-state index >= 15 is 4.79 Å². The normalized spacial score (nSPS) is 18.7. The van der Waals surface area contributed by atoms with Crippen molar-refractivity contribution in [2.45, 2.75) is 69.6 Å². The van der Waals surface area contributed by atoms with E-state index in [4.69, 9.17) is 9.47 Å². The Morgan fingerprint density at radius 2 is 0.955 bits per heavy atom. The topological polar surface area (TPSA) is 140 Å². The zero-order chi connectivity index (χ0) is 45.4. The zero-order valence-corrected chi connectivity index (χ0v) is 36.7. The lowest BCUT2D eigenvalue weighted by Crippen LogP contribution is -2.56. The number of amides is 3. The molecule has 4 aliphatic carbocycles. The van der Waals surface area contributed by atoms with E-state index in [1.807, 2.05) is 127 Å². The van der Waals surface area contributed by atoms with Crippen LogP contribution in [0.4, 0.5) is 5.69 Å². The highest BCUT2D eigenvalue weighted by Gasteiger charge is 2.55. The lowest BCUT2D eigenvalue weighted by atomic mass is 9.53. The van der Waals surface area contributed by atoms with E-state index in [9.17, 15) is 19.2 Å². The first-order chi connectivity index (χ1) is 32.3. The molecular weight excluding hydrogens is 827 g/mol. The summed E-state index contributed by atoms with van der Waals surface area (Å²) in [6, 6.07) is 47.1. The molecule has 3 amide bonds. The van der Waals surface area contributed by atoms with Gasteiger partial charge in [-0.3, -0.25) is 14.4 Å². The highest BCUT2D eigenvalue weighted by Crippen LogP contribution is 2.58. The molecular formula is C56H53N3O7. The highest BCUT2D eigenvalue weighted by molar-refractivity contribution is 6.02. The summed E-state index contributed by atoms with van der Waals surface area (Å²) in [7, 11) is 0. The summed E-state index contributed by atoms with van der Waals surface area (Å²) < 4.78 is 11.3. The Morgan fingerprint density at radius 1 is 0.515 bits per heavy atom. The van der Waals surface area contributed by atoms with E-state index in [-0.39, 0.29) is 48.3 Å². The molecule has 1 saturated carbocycles. The van der Waals surface area contributed by atoms with Gasteiger partial charge in [-0.2, -0.15) is 0 Å². The molecule has 10 rings (SSSR count). The maximum atomic E-state index is 15.3. The fourth-order valence-corrected chi connectivity index (χ4v) is 10.2. The molecule has 1 fully saturated rings. The number of hydrogen-bond acceptors (Lipinski definition) is 7. The zero-order valence-electron chi connectivity index (χ0n) is 36.7. The van der Waals surface area contributed by atoms with Gasteiger partial charge >= 0.3 is 11.9 Å². The Bertz CT molecular complexity index is 2580. The summed E-state index contributed by atoms with van der Waals surface area (Å²) in [5, 5.41) is 9.34. The van der Waals surface area contributed by atoms with Gasteiger partial charge in [0.2, 0.25) is 17.7 Å². The summed E-state index contributed by atoms with van der Waals surface area (Å²) in [6.45, 7) is 0.545. The minimum absolute atomic E-state index is 0.00715. The van der Waals surface area contributed by atoms with Gasteiger partial charge in [0.1, 0.15) is 19.3 Å². The smallest absolute Gasteiger partial charge is 0.338 e. The number of carbonyl (C=O) groups excluding carboxylic acids is 5. The van der Waals surface area contributed by atoms with Gasteiger partial charge in [-0.15, -0.1) is 0 Å². The van der Waals surface area contributed by atoms with Crippen LogP contribution in [-0.4, -0.2) is 42.2 Å². The number of anilines is 1. The van der Waals surface area contributed by atoms with Crippen LogP contribution in [0.1, 0.15) is 104 Å². The third-order valence-corrected chi connectivity index (χ3v) is 13.3. The van der Waals surface area contributed by atoms with E-state index < -0.39 is 47.5 Å². The maximum Gasteiger partial charge on any atom is 0.338 e. The van der Waals surface area contributed by atoms with Crippen molar-refractivity contribution in [2.24, 2.45) is 17.8 Å². The molecule has 0 aromatic heterocycles. The number of rotatable bonds is 15. The number of carbonyl (C=O) groups is 5. The van der Waals surface area contributed by atoms with Gasteiger partial charge in [-0.25, -0.2) is 9.59 Å². The SMILES string of the molecule is O=C(OCc1ccccc1)c1cc(NC(=O)[C@H](Cc2ccccc2)NC(=O)[C@@H]2C3c4ccccc4C(c4ccccc43)[C@@H]2C(=O)NCC2CCCCC2)cc(C(=O)OCc2ccccc2)c1. The van der Waals surface area contributed by atoms with Gasteiger partial charge in [0.25, 0.3) is 0 Å². The lowest BCUT2D eigenvalue weighted by molar-refractivity contribution is -0.138. The number of fused-ring (bicyclic) bond motifs is 1. The fraction of sp³-hybridized carbons (Fsp3) is 0.268. The Labute approximate surface area is 385 Å². The Hall–Kier alpha value is -7.33. The van der Waals surface area contributed by atoms with Crippen molar-refractivity contribution in [3.8, 4) is 0 Å². The molecule has 0 unspecified atom stereocenters. The molecule has 3 N–H and O–H groups in total. The first-order valence-corrected chi connectivity index (χ1v) is 23.0. The third-order valence-electron chi connectivity index (χ3n) is 13.3. The van der Waals surface area contributed by atoms with Crippen LogP contribution in [0.25, 0.3) is 0 Å². The van der Waals surface area contributed by atoms with Crippen molar-refractivity contribution in [2.75, 3.05) is 11.9 Å². The van der Waals surface area contributed by atoms with Gasteiger partial charge in [0.05, 0.1) is 23.0 Å². The summed E-state index contributed by atoms with van der Waals surface area (Å²) in [6.07, 6.45) is 5.75. The number of hydrogen-bond donors (Lipinski definition) is 3. The van der Waals surface area contributed by atoms with Crippen molar-refractivity contribution in [3.05, 3.63) is 208 Å². The quantitative estimate of drug-likeness (QED) is 0.0874. The van der Waals surface area contributed by atoms with Crippen molar-refractivity contribution in [1.82, 2.24) is 10.6 Å². The van der Waals surface area contributed by atoms with E-state index in [0.717, 1.165) is 64.6 Å². The summed E-state index contributed by atoms with van der Waals surface area (Å²) >= 11 is 0. The van der Waals surface area contributed by atoms with Crippen LogP contribution >= 0.6 is 0 Å². The summed E-state index contributed by atoms with van der Waals surface area (Å²) in [5.74, 6) is -4.53. The number of esters is 2. The first-order valence-electron chi connectivity index (χ1n) is 23.0. The highest BCUT2D eigenvalue weighted by atomic mass is 16.5. The second-order valence-electron chi connectivity index (χ2n) is 17.7. The predicted molar refractivity (Wildman–Crippen MR) is 251 cm³/mol. The number of ether oxygens (including phenoxy) is 2. The van der Waals surface area contributed by atoms with Crippen LogP contribution in [0.5, 0.6) is 0 Å². The maximum absolute atomic E-state index is 15.3. The second-order valence-corrected chi connectivity index (χ2v) is 17.7. The second kappa shape index (κ2) is 20.2. The standard InChI is InChI=1S/C56H53N3O7/c60-52(58-42-31-40(55(63)65-34-38-21-9-3-10-22-38)30-41(32-42)56(64)66-35-39-23-11-4-12-24-39)47(29-36-17-5-1-6-18-36)59-54(62)51-49-45-27-15-13-25-43(45)48(44-26-14-16-28-46(44)49)50(51)53(61)57-33-37-19-7-2-8-20-37/h1,3-6,9-18,21-28,30-32,37,47-51H,2,7-8,19-20,29,33-35H2,(H,57,61)(H,58,60)(H,59,62)/t47-,48?,49?,50-,51+/m0/s1. The molecule has 3 atom stereocenters. The van der Waals surface area contributed by atoms with Crippen LogP contribution in [0.15, 0.2) is 158 Å². The van der Waals surface area contributed by atoms with E-state index in [1.54, 1.807) is 0 Å². The average Bonchev–Trinajstić information content (AvgIpc) is 3.37. The van der Waals surface area contributed by atoms with Crippen molar-refractivity contribution >= 4 is 35.3 Å². The molecule has 0 spiro atoms. The van der Waals surface area contributed by atoms with Crippen LogP contribution in [0.3, 0.4) is 0 Å². The van der Waals surface area contributed by atoms with Crippen LogP contribution in [-0.2, 0) is 43.5 Å². The van der Waals surface area contributed by atoms with E-state index in [2.05, 4.69) is 28.1 Å². The van der Waals surface area contributed by atoms with Gasteiger partial charge in [0, 0.05) is 30.5 Å². The van der Waals surface area contributed by atoms with Gasteiger partial charge in [-0.1, -0.05) is 159 Å². The molecule has 0 heterocycles. The molecule has 10 nitrogen and oxygen atoms in total. The van der Waals surface area contributed by atoms with Crippen LogP contribution in [0.2, 0.25) is 0 Å². The molecule has 6 aromatic carbocycles. The molecule has 0 saturated heterocycles. The predicted octanol–water partition coefficient (Wildman–Crippen LogP) is 9.29. The van der Waals surface area contributed by atoms with Crippen LogP contribution in [0, 0.1) is 17.8 Å². The molecule has 66 heavy (non-hydrogen) atoms. The molecule has 4 aliphatic rings. The van der Waals surface area contributed by atoms with Gasteiger partial charge in [-0.05, 0) is 75.9 Å². The summed E-state index contributed by atoms with van der Waals surface area (Å²) in [4.78, 5) is 71.9. The Kier molecular flexibility index (Phi) is 13.5. The van der Waals surface area contributed by atoms with Crippen molar-refractivity contribution in [1.29, 1.82) is 0 Å². The largest absolute Gasteiger partial charge is 0.457 e. The summed E-state index contributed by atoms with van der Waals surface area (Å²) in [5.41, 5.74) is 6.63. The van der Waals surface area contributed by atoms with Crippen LogP contribution < -0.4 is 16.0 Å². The molecule has 0 radical (unpaired) electrons. The van der Waals surface area contributed by atoms with Gasteiger partial charge < -0.3 is 25.4 Å². The Balaban J connectivity index is 1.02. The minimum atomic E-state index is -1.13. The average molecular weight is 880 g/mol. The van der Waals surface area contributed by atoms with Gasteiger partial charge in [0.15, 0.2) is 0 Å². The van der Waals surface area contributed by atoms with Crippen molar-refractivity contribution < 1.29 is 33.4 Å². The van der Waals surface area contributed by atoms with Crippen molar-refractivity contribution in [3.63, 3.8) is 0 Å². The molecule has 10 heteroatoms. The molecule has 334 valence electrons. The lowest BCUT2D eigenvalue weighted by Gasteiger charge is -2.49. The molecule has 0 aliphatic heterocycles. The first kappa shape index (κ1) is 43.9. The fourth-order valence-electron chi connectivity index (χ4n) is 10.2. The monoisotopic (exact) mass is 879 g/mol. The third kappa shape index (κ3) is 9.83. The molecule has 6 aromatic rings. The minimum Gasteiger partial charge on any atom is -0.457 e.